The topological polar surface area (TPSA) is 98.6 Å². The molecule has 0 amide bonds. The van der Waals surface area contributed by atoms with Crippen molar-refractivity contribution in [2.45, 2.75) is 0 Å². The van der Waals surface area contributed by atoms with Gasteiger partial charge in [-0.3, -0.25) is 0 Å². The Morgan fingerprint density at radius 1 is 1.46 bits per heavy atom. The van der Waals surface area contributed by atoms with E-state index >= 15 is 0 Å². The second-order valence-corrected chi connectivity index (χ2v) is 2.49. The van der Waals surface area contributed by atoms with Gasteiger partial charge in [-0.2, -0.15) is 0 Å². The van der Waals surface area contributed by atoms with Crippen LogP contribution < -0.4 is 16.2 Å². The van der Waals surface area contributed by atoms with Crippen LogP contribution in [0.5, 0.6) is 5.75 Å². The van der Waals surface area contributed by atoms with Gasteiger partial charge in [0.2, 0.25) is 0 Å². The lowest BCUT2D eigenvalue weighted by Gasteiger charge is -2.08. The van der Waals surface area contributed by atoms with Gasteiger partial charge in [-0.05, 0) is 6.07 Å². The Hall–Kier alpha value is -1.91. The van der Waals surface area contributed by atoms with Crippen LogP contribution in [-0.2, 0) is 0 Å². The molecule has 0 aliphatic heterocycles. The highest BCUT2D eigenvalue weighted by molar-refractivity contribution is 5.96. The Bertz CT molecular complexity index is 349. The summed E-state index contributed by atoms with van der Waals surface area (Å²) in [6.07, 6.45) is 0. The maximum Gasteiger partial charge on any atom is 0.338 e. The Morgan fingerprint density at radius 2 is 2.08 bits per heavy atom. The summed E-state index contributed by atoms with van der Waals surface area (Å²) in [6.45, 7) is 0. The number of hydrogen-bond donors (Lipinski definition) is 3. The van der Waals surface area contributed by atoms with Crippen molar-refractivity contribution in [1.82, 2.24) is 0 Å². The quantitative estimate of drug-likeness (QED) is 0.580. The molecule has 5 heteroatoms. The number of benzene rings is 1. The summed E-state index contributed by atoms with van der Waals surface area (Å²) in [5.74, 6) is -0.847. The van der Waals surface area contributed by atoms with Gasteiger partial charge in [-0.25, -0.2) is 4.79 Å². The molecule has 1 aromatic rings. The predicted molar refractivity (Wildman–Crippen MR) is 48.8 cm³/mol. The number of rotatable bonds is 2. The highest BCUT2D eigenvalue weighted by atomic mass is 16.5. The van der Waals surface area contributed by atoms with Crippen molar-refractivity contribution in [3.05, 3.63) is 17.7 Å². The lowest BCUT2D eigenvalue weighted by Crippen LogP contribution is -2.05. The highest BCUT2D eigenvalue weighted by Gasteiger charge is 2.12. The number of ether oxygens (including phenoxy) is 1. The zero-order valence-electron chi connectivity index (χ0n) is 7.07. The largest absolute Gasteiger partial charge is 0.494 e. The summed E-state index contributed by atoms with van der Waals surface area (Å²) in [5.41, 5.74) is 11.3. The van der Waals surface area contributed by atoms with Crippen LogP contribution in [-0.4, -0.2) is 18.2 Å². The first-order valence-electron chi connectivity index (χ1n) is 3.52. The number of anilines is 2. The van der Waals surface area contributed by atoms with E-state index in [-0.39, 0.29) is 17.0 Å². The standard InChI is InChI=1S/C8H10N2O3/c1-13-6-3-4(9)2-5(7(6)10)8(11)12/h2-3H,9-10H2,1H3,(H,11,12). The molecule has 5 N–H and O–H groups in total. The SMILES string of the molecule is COc1cc(N)cc(C(=O)O)c1N. The van der Waals surface area contributed by atoms with Gasteiger partial charge in [0, 0.05) is 11.8 Å². The molecule has 0 aliphatic carbocycles. The summed E-state index contributed by atoms with van der Waals surface area (Å²) in [4.78, 5) is 10.7. The number of nitrogen functional groups attached to an aromatic ring is 2. The molecule has 13 heavy (non-hydrogen) atoms. The van der Waals surface area contributed by atoms with Gasteiger partial charge >= 0.3 is 5.97 Å². The van der Waals surface area contributed by atoms with Crippen LogP contribution in [0.25, 0.3) is 0 Å². The van der Waals surface area contributed by atoms with Gasteiger partial charge in [0.25, 0.3) is 0 Å². The highest BCUT2D eigenvalue weighted by Crippen LogP contribution is 2.28. The Labute approximate surface area is 74.9 Å². The van der Waals surface area contributed by atoms with Gasteiger partial charge in [-0.1, -0.05) is 0 Å². The van der Waals surface area contributed by atoms with E-state index in [0.717, 1.165) is 0 Å². The Kier molecular flexibility index (Phi) is 2.27. The molecule has 0 atom stereocenters. The molecule has 0 radical (unpaired) electrons. The summed E-state index contributed by atoms with van der Waals surface area (Å²) in [6, 6.07) is 2.77. The Balaban J connectivity index is 3.35. The number of aromatic carboxylic acids is 1. The van der Waals surface area contributed by atoms with Crippen LogP contribution in [0.4, 0.5) is 11.4 Å². The zero-order valence-corrected chi connectivity index (χ0v) is 7.07. The van der Waals surface area contributed by atoms with E-state index in [1.807, 2.05) is 0 Å². The van der Waals surface area contributed by atoms with Crippen LogP contribution >= 0.6 is 0 Å². The van der Waals surface area contributed by atoms with E-state index in [0.29, 0.717) is 5.69 Å². The third kappa shape index (κ3) is 1.64. The maximum absolute atomic E-state index is 10.7. The van der Waals surface area contributed by atoms with Gasteiger partial charge in [0.1, 0.15) is 5.75 Å². The molecular weight excluding hydrogens is 172 g/mol. The minimum atomic E-state index is -1.12. The van der Waals surface area contributed by atoms with E-state index in [1.165, 1.54) is 19.2 Å². The molecule has 0 heterocycles. The van der Waals surface area contributed by atoms with E-state index in [1.54, 1.807) is 0 Å². The fourth-order valence-corrected chi connectivity index (χ4v) is 0.994. The van der Waals surface area contributed by atoms with E-state index in [9.17, 15) is 4.79 Å². The smallest absolute Gasteiger partial charge is 0.338 e. The normalized spacial score (nSPS) is 9.62. The molecule has 70 valence electrons. The van der Waals surface area contributed by atoms with Gasteiger partial charge in [0.05, 0.1) is 18.4 Å². The molecule has 5 nitrogen and oxygen atoms in total. The molecule has 0 aromatic heterocycles. The van der Waals surface area contributed by atoms with Crippen molar-refractivity contribution in [2.24, 2.45) is 0 Å². The Morgan fingerprint density at radius 3 is 2.54 bits per heavy atom. The fourth-order valence-electron chi connectivity index (χ4n) is 0.994. The average Bonchev–Trinajstić information content (AvgIpc) is 2.08. The van der Waals surface area contributed by atoms with Crippen LogP contribution in [0, 0.1) is 0 Å². The summed E-state index contributed by atoms with van der Waals surface area (Å²) >= 11 is 0. The fraction of sp³-hybridized carbons (Fsp3) is 0.125. The average molecular weight is 182 g/mol. The van der Waals surface area contributed by atoms with Gasteiger partial charge in [0.15, 0.2) is 0 Å². The van der Waals surface area contributed by atoms with Crippen molar-refractivity contribution in [2.75, 3.05) is 18.6 Å². The summed E-state index contributed by atoms with van der Waals surface area (Å²) in [5, 5.41) is 8.72. The molecule has 0 bridgehead atoms. The molecule has 0 saturated heterocycles. The zero-order chi connectivity index (χ0) is 10.0. The molecule has 0 saturated carbocycles. The maximum atomic E-state index is 10.7. The summed E-state index contributed by atoms with van der Waals surface area (Å²) in [7, 11) is 1.40. The second-order valence-electron chi connectivity index (χ2n) is 2.49. The number of carboxylic acid groups (broad SMARTS) is 1. The van der Waals surface area contributed by atoms with Gasteiger partial charge in [-0.15, -0.1) is 0 Å². The number of carboxylic acids is 1. The number of methoxy groups -OCH3 is 1. The lowest BCUT2D eigenvalue weighted by molar-refractivity contribution is 0.0698. The van der Waals surface area contributed by atoms with Crippen molar-refractivity contribution in [3.8, 4) is 5.75 Å². The molecule has 0 fully saturated rings. The predicted octanol–water partition coefficient (Wildman–Crippen LogP) is 0.558. The molecular formula is C8H10N2O3. The molecule has 0 spiro atoms. The van der Waals surface area contributed by atoms with Crippen molar-refractivity contribution in [1.29, 1.82) is 0 Å². The third-order valence-electron chi connectivity index (χ3n) is 1.61. The van der Waals surface area contributed by atoms with E-state index in [2.05, 4.69) is 0 Å². The number of carbonyl (C=O) groups is 1. The lowest BCUT2D eigenvalue weighted by atomic mass is 10.1. The molecule has 1 rings (SSSR count). The van der Waals surface area contributed by atoms with Crippen molar-refractivity contribution < 1.29 is 14.6 Å². The van der Waals surface area contributed by atoms with E-state index < -0.39 is 5.97 Å². The van der Waals surface area contributed by atoms with Crippen LogP contribution in [0.2, 0.25) is 0 Å². The molecule has 0 unspecified atom stereocenters. The van der Waals surface area contributed by atoms with Crippen molar-refractivity contribution >= 4 is 17.3 Å². The van der Waals surface area contributed by atoms with Crippen LogP contribution in [0.1, 0.15) is 10.4 Å². The van der Waals surface area contributed by atoms with Gasteiger partial charge < -0.3 is 21.3 Å². The second kappa shape index (κ2) is 3.22. The minimum absolute atomic E-state index is 0.0446. The van der Waals surface area contributed by atoms with E-state index in [4.69, 9.17) is 21.3 Å². The van der Waals surface area contributed by atoms with Crippen molar-refractivity contribution in [3.63, 3.8) is 0 Å². The molecule has 1 aromatic carbocycles. The first-order chi connectivity index (χ1) is 6.06. The van der Waals surface area contributed by atoms with Crippen LogP contribution in [0.15, 0.2) is 12.1 Å². The number of nitrogens with two attached hydrogens (primary N) is 2. The third-order valence-corrected chi connectivity index (χ3v) is 1.61. The first kappa shape index (κ1) is 9.18. The molecule has 0 aliphatic rings. The summed E-state index contributed by atoms with van der Waals surface area (Å²) < 4.78 is 4.85. The van der Waals surface area contributed by atoms with Crippen LogP contribution in [0.3, 0.4) is 0 Å². The monoisotopic (exact) mass is 182 g/mol. The minimum Gasteiger partial charge on any atom is -0.494 e. The first-order valence-corrected chi connectivity index (χ1v) is 3.52. The number of hydrogen-bond acceptors (Lipinski definition) is 4.